The Kier molecular flexibility index (Phi) is 6.55. The number of rotatable bonds is 2. The van der Waals surface area contributed by atoms with Crippen molar-refractivity contribution in [1.82, 2.24) is 8.67 Å². The van der Waals surface area contributed by atoms with E-state index in [2.05, 4.69) is 75.4 Å². The van der Waals surface area contributed by atoms with Crippen LogP contribution in [0, 0.1) is 0 Å². The zero-order valence-electron chi connectivity index (χ0n) is 15.8. The third kappa shape index (κ3) is 4.00. The minimum atomic E-state index is -2.11. The standard InChI is InChI=1S/C16H29N3PSSi.Tl.H/c1-15(2,3)18-20(21,17-14-12-10-9-11-13-14)19(16(4,5)6)22(18,7)8;;/h9-13H,1-8H3;;/q-1;;. The average molecular weight is 560 g/mol. The van der Waals surface area contributed by atoms with E-state index in [1.54, 1.807) is 0 Å². The van der Waals surface area contributed by atoms with Crippen LogP contribution in [0.4, 0.5) is 5.69 Å². The van der Waals surface area contributed by atoms with Gasteiger partial charge in [-0.15, -0.1) is 5.69 Å². The Labute approximate surface area is 169 Å². The second-order valence-corrected chi connectivity index (χ2v) is 16.5. The first-order valence-corrected chi connectivity index (χ1v) is 13.4. The molecule has 0 amide bonds. The van der Waals surface area contributed by atoms with Gasteiger partial charge in [-0.25, -0.2) is 0 Å². The molecule has 128 valence electrons. The summed E-state index contributed by atoms with van der Waals surface area (Å²) in [5.74, 6) is 0. The molecule has 0 bridgehead atoms. The molecule has 2 rings (SSSR count). The molecule has 0 aliphatic carbocycles. The van der Waals surface area contributed by atoms with Gasteiger partial charge in [0.1, 0.15) is 0 Å². The van der Waals surface area contributed by atoms with Crippen molar-refractivity contribution in [2.45, 2.75) is 65.7 Å². The molecule has 0 unspecified atom stereocenters. The Morgan fingerprint density at radius 1 is 0.913 bits per heavy atom. The van der Waals surface area contributed by atoms with Gasteiger partial charge in [-0.05, 0) is 61.6 Å². The molecule has 0 N–H and O–H groups in total. The molecule has 1 aliphatic rings. The van der Waals surface area contributed by atoms with E-state index in [1.165, 1.54) is 0 Å². The fourth-order valence-corrected chi connectivity index (χ4v) is 21.0. The SMILES string of the molecule is CC(C)(C)N1[Si](C)(C)N(C(C)(C)C)[P+]1([S-])[N-]c1ccccc1.[TlH]. The second-order valence-electron chi connectivity index (χ2n) is 8.41. The molecule has 0 spiro atoms. The normalized spacial score (nSPS) is 21.3. The zero-order chi connectivity index (χ0) is 17.0. The van der Waals surface area contributed by atoms with E-state index in [9.17, 15) is 0 Å². The molecule has 1 heterocycles. The molecule has 1 saturated heterocycles. The van der Waals surface area contributed by atoms with Crippen molar-refractivity contribution < 1.29 is 0 Å². The molecule has 0 saturated carbocycles. The Morgan fingerprint density at radius 2 is 1.30 bits per heavy atom. The van der Waals surface area contributed by atoms with Crippen LogP contribution in [-0.4, -0.2) is 55.4 Å². The molecular formula is C16H30N3PSSiTl-. The van der Waals surface area contributed by atoms with Crippen LogP contribution in [0.25, 0.3) is 5.09 Å². The van der Waals surface area contributed by atoms with E-state index in [0.717, 1.165) is 5.69 Å². The molecule has 7 heteroatoms. The predicted molar refractivity (Wildman–Crippen MR) is 112 cm³/mol. The van der Waals surface area contributed by atoms with Crippen LogP contribution >= 0.6 is 6.92 Å². The van der Waals surface area contributed by atoms with E-state index in [1.807, 2.05) is 18.2 Å². The summed E-state index contributed by atoms with van der Waals surface area (Å²) in [6.45, 7) is 16.3. The van der Waals surface area contributed by atoms with Crippen LogP contribution in [0.1, 0.15) is 41.5 Å². The summed E-state index contributed by atoms with van der Waals surface area (Å²) in [5.41, 5.74) is 1.09. The summed E-state index contributed by atoms with van der Waals surface area (Å²) in [6, 6.07) is 10.2. The Bertz CT molecular complexity index is 518. The van der Waals surface area contributed by atoms with E-state index >= 15 is 0 Å². The van der Waals surface area contributed by atoms with Crippen molar-refractivity contribution in [2.24, 2.45) is 0 Å². The number of hydrogen-bond acceptors (Lipinski definition) is 3. The van der Waals surface area contributed by atoms with Gasteiger partial charge in [-0.2, -0.15) is 8.67 Å². The van der Waals surface area contributed by atoms with E-state index in [-0.39, 0.29) is 38.4 Å². The molecule has 1 aromatic rings. The predicted octanol–water partition coefficient (Wildman–Crippen LogP) is 5.18. The third-order valence-corrected chi connectivity index (χ3v) is 16.7. The van der Waals surface area contributed by atoms with Crippen LogP contribution < -0.4 is 0 Å². The Hall–Kier alpha value is 0.859. The summed E-state index contributed by atoms with van der Waals surface area (Å²) in [6.07, 6.45) is 0. The first-order valence-electron chi connectivity index (χ1n) is 7.81. The fourth-order valence-electron chi connectivity index (χ4n) is 3.94. The zero-order valence-corrected chi connectivity index (χ0v) is 24.0. The van der Waals surface area contributed by atoms with Crippen molar-refractivity contribution >= 4 is 60.5 Å². The molecule has 1 fully saturated rings. The molecule has 1 aliphatic heterocycles. The molecule has 23 heavy (non-hydrogen) atoms. The quantitative estimate of drug-likeness (QED) is 0.283. The second kappa shape index (κ2) is 6.87. The Morgan fingerprint density at radius 3 is 1.65 bits per heavy atom. The third-order valence-electron chi connectivity index (χ3n) is 3.83. The van der Waals surface area contributed by atoms with Crippen LogP contribution in [0.2, 0.25) is 13.1 Å². The minimum absolute atomic E-state index is 0. The number of benzene rings is 1. The van der Waals surface area contributed by atoms with Gasteiger partial charge >= 0.3 is 27.3 Å². The van der Waals surface area contributed by atoms with E-state index in [4.69, 9.17) is 17.3 Å². The molecule has 0 aromatic heterocycles. The van der Waals surface area contributed by atoms with Crippen molar-refractivity contribution in [3.63, 3.8) is 0 Å². The molecule has 0 atom stereocenters. The summed E-state index contributed by atoms with van der Waals surface area (Å²) in [4.78, 5) is 0. The molecule has 1 radical (unpaired) electrons. The first-order chi connectivity index (χ1) is 9.81. The van der Waals surface area contributed by atoms with Crippen molar-refractivity contribution in [1.29, 1.82) is 0 Å². The number of hydrogen-bond donors (Lipinski definition) is 0. The monoisotopic (exact) mass is 560 g/mol. The molecule has 1 aromatic carbocycles. The maximum atomic E-state index is 6.23. The van der Waals surface area contributed by atoms with Crippen molar-refractivity contribution in [3.8, 4) is 0 Å². The summed E-state index contributed by atoms with van der Waals surface area (Å²) in [5, 5.41) is 5.10. The van der Waals surface area contributed by atoms with Gasteiger partial charge in [0.2, 0.25) is 0 Å². The summed E-state index contributed by atoms with van der Waals surface area (Å²) in [7, 11) is -1.75. The van der Waals surface area contributed by atoms with Crippen LogP contribution in [0.5, 0.6) is 0 Å². The average Bonchev–Trinajstić information content (AvgIpc) is 2.23. The van der Waals surface area contributed by atoms with Gasteiger partial charge in [0.05, 0.1) is 0 Å². The number of nitrogens with zero attached hydrogens (tertiary/aromatic N) is 3. The van der Waals surface area contributed by atoms with Crippen molar-refractivity contribution in [2.75, 3.05) is 0 Å². The van der Waals surface area contributed by atoms with Crippen molar-refractivity contribution in [3.05, 3.63) is 35.4 Å². The van der Waals surface area contributed by atoms with Gasteiger partial charge in [-0.3, -0.25) is 0 Å². The van der Waals surface area contributed by atoms with Gasteiger partial charge in [0, 0.05) is 11.1 Å². The Balaban J connectivity index is 0.00000264. The first kappa shape index (κ1) is 21.9. The molecule has 3 nitrogen and oxygen atoms in total. The van der Waals surface area contributed by atoms with E-state index < -0.39 is 15.3 Å². The van der Waals surface area contributed by atoms with Crippen LogP contribution in [-0.2, 0) is 12.2 Å². The van der Waals surface area contributed by atoms with Gasteiger partial charge < -0.3 is 17.3 Å². The topological polar surface area (TPSA) is 20.6 Å². The summed E-state index contributed by atoms with van der Waals surface area (Å²) >= 11 is 6.23. The van der Waals surface area contributed by atoms with Gasteiger partial charge in [-0.1, -0.05) is 30.3 Å². The van der Waals surface area contributed by atoms with Gasteiger partial charge in [0.15, 0.2) is 0 Å². The molecular weight excluding hydrogens is 530 g/mol. The maximum absolute atomic E-state index is 6.23. The van der Waals surface area contributed by atoms with Crippen LogP contribution in [0.3, 0.4) is 0 Å². The van der Waals surface area contributed by atoms with Gasteiger partial charge in [0.25, 0.3) is 8.40 Å². The summed E-state index contributed by atoms with van der Waals surface area (Å²) < 4.78 is 5.17. The fraction of sp³-hybridized carbons (Fsp3) is 0.625. The van der Waals surface area contributed by atoms with Crippen LogP contribution in [0.15, 0.2) is 30.3 Å². The van der Waals surface area contributed by atoms with E-state index in [0.29, 0.717) is 0 Å².